The summed E-state index contributed by atoms with van der Waals surface area (Å²) < 4.78 is 0. The van der Waals surface area contributed by atoms with Gasteiger partial charge in [0.25, 0.3) is 0 Å². The fourth-order valence-corrected chi connectivity index (χ4v) is 0. The van der Waals surface area contributed by atoms with Crippen LogP contribution in [0, 0.1) is 0 Å². The molecule has 0 aromatic rings. The van der Waals surface area contributed by atoms with E-state index < -0.39 is 0 Å². The van der Waals surface area contributed by atoms with Crippen LogP contribution in [0.25, 0.3) is 0 Å². The van der Waals surface area contributed by atoms with Crippen molar-refractivity contribution in [2.45, 2.75) is 0 Å². The zero-order valence-electron chi connectivity index (χ0n) is 3.54. The Hall–Kier alpha value is 2.45. The minimum absolute atomic E-state index is 0. The molecule has 5 nitrogen and oxygen atoms in total. The van der Waals surface area contributed by atoms with Crippen LogP contribution in [0.15, 0.2) is 0 Å². The first kappa shape index (κ1) is 208. The predicted octanol–water partition coefficient (Wildman–Crippen LogP) is -0.604. The van der Waals surface area contributed by atoms with Crippen molar-refractivity contribution in [1.82, 2.24) is 0 Å². The summed E-state index contributed by atoms with van der Waals surface area (Å²) in [5.74, 6) is 0. The van der Waals surface area contributed by atoms with Gasteiger partial charge in [0.15, 0.2) is 0 Å². The van der Waals surface area contributed by atoms with E-state index in [0.29, 0.717) is 0 Å². The van der Waals surface area contributed by atoms with Crippen LogP contribution in [0.2, 0.25) is 0 Å². The fraction of sp³-hybridized carbons (Fsp3) is 0. The average Bonchev–Trinajstić information content (AvgIpc) is 0. The predicted molar refractivity (Wildman–Crippen MR) is 3.43 cm³/mol. The van der Waals surface area contributed by atoms with E-state index in [9.17, 15) is 0 Å². The molecule has 0 aliphatic heterocycles. The zero-order valence-corrected chi connectivity index (χ0v) is 9.30. The second-order valence-electron chi connectivity index (χ2n) is 0. The quantitative estimate of drug-likeness (QED) is 0.481. The molecule has 0 heterocycles. The second-order valence-corrected chi connectivity index (χ2v) is 0. The topological polar surface area (TPSA) is 142 Å². The SMILES string of the molecule is [Ag].[Ag].[O-2].[O-2].[O-2].[O-2].[O-2].[V].[V]. The van der Waals surface area contributed by atoms with Gasteiger partial charge in [-0.15, -0.1) is 0 Å². The second kappa shape index (κ2) is 156. The maximum atomic E-state index is 0. The van der Waals surface area contributed by atoms with E-state index in [-0.39, 0.29) is 109 Å². The number of rotatable bonds is 0. The molecular weight excluding hydrogens is 398 g/mol. The van der Waals surface area contributed by atoms with Gasteiger partial charge in [-0.1, -0.05) is 0 Å². The molecule has 9 heavy (non-hydrogen) atoms. The summed E-state index contributed by atoms with van der Waals surface area (Å²) in [6, 6.07) is 0. The van der Waals surface area contributed by atoms with Crippen LogP contribution in [0.5, 0.6) is 0 Å². The van der Waals surface area contributed by atoms with Gasteiger partial charge in [0.2, 0.25) is 0 Å². The molecule has 0 atom stereocenters. The van der Waals surface area contributed by atoms with E-state index in [1.807, 2.05) is 0 Å². The standard InChI is InChI=1S/2Ag.5O.2V/q;;5*-2;;. The molecule has 0 aliphatic carbocycles. The number of hydrogen-bond donors (Lipinski definition) is 0. The Bertz CT molecular complexity index is 12.9. The van der Waals surface area contributed by atoms with Crippen molar-refractivity contribution < 1.29 is 109 Å². The molecule has 0 N–H and O–H groups in total. The van der Waals surface area contributed by atoms with Gasteiger partial charge in [-0.25, -0.2) is 0 Å². The van der Waals surface area contributed by atoms with Crippen LogP contribution >= 0.6 is 0 Å². The summed E-state index contributed by atoms with van der Waals surface area (Å²) >= 11 is 0. The van der Waals surface area contributed by atoms with Crippen LogP contribution in [-0.4, -0.2) is 0 Å². The van der Waals surface area contributed by atoms with Gasteiger partial charge in [0.05, 0.1) is 0 Å². The van der Waals surface area contributed by atoms with Gasteiger partial charge >= 0.3 is 0 Å². The molecule has 9 heteroatoms. The first-order valence-electron chi connectivity index (χ1n) is 0. The van der Waals surface area contributed by atoms with E-state index in [0.717, 1.165) is 0 Å². The third-order valence-corrected chi connectivity index (χ3v) is 0. The Labute approximate surface area is 108 Å². The largest absolute Gasteiger partial charge is 2.00 e. The summed E-state index contributed by atoms with van der Waals surface area (Å²) in [6.45, 7) is 0. The molecule has 0 aliphatic rings. The van der Waals surface area contributed by atoms with E-state index in [1.54, 1.807) is 0 Å². The van der Waals surface area contributed by atoms with Crippen LogP contribution in [-0.2, 0) is 109 Å². The van der Waals surface area contributed by atoms with Gasteiger partial charge in [0, 0.05) is 81.9 Å². The summed E-state index contributed by atoms with van der Waals surface area (Å²) in [4.78, 5) is 0. The minimum atomic E-state index is 0. The number of hydrogen-bond acceptors (Lipinski definition) is 0. The van der Waals surface area contributed by atoms with Gasteiger partial charge in [0.1, 0.15) is 0 Å². The minimum Gasteiger partial charge on any atom is -2.00 e. The van der Waals surface area contributed by atoms with Crippen LogP contribution in [0.3, 0.4) is 0 Å². The zero-order chi connectivity index (χ0) is 0. The van der Waals surface area contributed by atoms with Crippen LogP contribution in [0.4, 0.5) is 0 Å². The maximum Gasteiger partial charge on any atom is 0 e. The van der Waals surface area contributed by atoms with E-state index >= 15 is 0 Å². The van der Waals surface area contributed by atoms with Crippen molar-refractivity contribution in [2.24, 2.45) is 0 Å². The van der Waals surface area contributed by atoms with E-state index in [4.69, 9.17) is 0 Å². The van der Waals surface area contributed by atoms with Crippen LogP contribution < -0.4 is 0 Å². The monoisotopic (exact) mass is 396 g/mol. The van der Waals surface area contributed by atoms with E-state index in [2.05, 4.69) is 0 Å². The first-order valence-corrected chi connectivity index (χ1v) is 0. The molecule has 0 rings (SSSR count). The smallest absolute Gasteiger partial charge is 0 e. The van der Waals surface area contributed by atoms with Crippen LogP contribution in [0.1, 0.15) is 0 Å². The van der Waals surface area contributed by atoms with Gasteiger partial charge < -0.3 is 27.4 Å². The fourth-order valence-electron chi connectivity index (χ4n) is 0. The molecule has 0 amide bonds. The Morgan fingerprint density at radius 3 is 0.333 bits per heavy atom. The Kier molecular flexibility index (Phi) is 3600. The van der Waals surface area contributed by atoms with Gasteiger partial charge in [-0.2, -0.15) is 0 Å². The normalized spacial score (nSPS) is 0. The van der Waals surface area contributed by atoms with Gasteiger partial charge in [-0.05, 0) is 0 Å². The molecule has 4 radical (unpaired) electrons. The molecule has 0 fully saturated rings. The summed E-state index contributed by atoms with van der Waals surface area (Å²) in [6.07, 6.45) is 0. The van der Waals surface area contributed by atoms with Crippen molar-refractivity contribution in [2.75, 3.05) is 0 Å². The van der Waals surface area contributed by atoms with E-state index in [1.165, 1.54) is 0 Å². The van der Waals surface area contributed by atoms with Crippen molar-refractivity contribution >= 4 is 0 Å². The molecule has 72 valence electrons. The molecule has 0 saturated carbocycles. The molecule has 0 bridgehead atoms. The Morgan fingerprint density at radius 1 is 0.333 bits per heavy atom. The Morgan fingerprint density at radius 2 is 0.333 bits per heavy atom. The summed E-state index contributed by atoms with van der Waals surface area (Å²) in [7, 11) is 0. The average molecular weight is 398 g/mol. The summed E-state index contributed by atoms with van der Waals surface area (Å²) in [5.41, 5.74) is 0. The molecule has 0 aromatic heterocycles. The third-order valence-electron chi connectivity index (χ3n) is 0. The summed E-state index contributed by atoms with van der Waals surface area (Å²) in [5, 5.41) is 0. The van der Waals surface area contributed by atoms with Gasteiger partial charge in [-0.3, -0.25) is 0 Å². The Balaban J connectivity index is 0. The third kappa shape index (κ3) is 124. The van der Waals surface area contributed by atoms with Crippen molar-refractivity contribution in [1.29, 1.82) is 0 Å². The molecule has 0 saturated heterocycles. The maximum absolute atomic E-state index is 0. The first-order chi connectivity index (χ1) is 0. The van der Waals surface area contributed by atoms with Crippen molar-refractivity contribution in [3.63, 3.8) is 0 Å². The molecule has 0 unspecified atom stereocenters. The molecular formula is Ag2O5V2-10. The van der Waals surface area contributed by atoms with Crippen molar-refractivity contribution in [3.05, 3.63) is 0 Å². The molecule has 0 spiro atoms. The molecule has 0 aromatic carbocycles. The van der Waals surface area contributed by atoms with Crippen molar-refractivity contribution in [3.8, 4) is 0 Å².